The zero-order valence-corrected chi connectivity index (χ0v) is 42.5. The van der Waals surface area contributed by atoms with Crippen LogP contribution in [-0.2, 0) is 11.0 Å². The van der Waals surface area contributed by atoms with E-state index in [1.165, 1.54) is 38.4 Å². The second-order valence-corrected chi connectivity index (χ2v) is 29.9. The maximum absolute atomic E-state index is 12.7. The second kappa shape index (κ2) is 7.59. The van der Waals surface area contributed by atoms with Crippen LogP contribution in [0.5, 0.6) is 0 Å². The minimum absolute atomic E-state index is 0.126. The first-order chi connectivity index (χ1) is 39.2. The maximum atomic E-state index is 12.7. The molecule has 0 fully saturated rings. The van der Waals surface area contributed by atoms with Gasteiger partial charge >= 0.3 is 0 Å². The van der Waals surface area contributed by atoms with Crippen molar-refractivity contribution in [3.05, 3.63) is 56.6 Å². The fraction of sp³-hybridized carbons (Fsp3) is 0.133. The van der Waals surface area contributed by atoms with E-state index in [-0.39, 0.29) is 16.0 Å². The van der Waals surface area contributed by atoms with Crippen LogP contribution in [0.15, 0.2) is 29.4 Å². The minimum Gasteiger partial charge on any atom is -0.258 e. The fourth-order valence-corrected chi connectivity index (χ4v) is 27.0. The summed E-state index contributed by atoms with van der Waals surface area (Å²) in [5.41, 5.74) is 7.27. The van der Waals surface area contributed by atoms with Crippen molar-refractivity contribution in [2.24, 2.45) is 16.4 Å². The summed E-state index contributed by atoms with van der Waals surface area (Å²) in [5.74, 6) is 0.352. The Balaban J connectivity index is 1.05. The lowest BCUT2D eigenvalue weighted by Crippen LogP contribution is -2.59. The number of nitro benzene ring substituents is 1. The first-order valence-corrected chi connectivity index (χ1v) is 29.6. The lowest BCUT2D eigenvalue weighted by atomic mass is 9.50. The molecule has 348 valence electrons. The van der Waals surface area contributed by atoms with E-state index in [9.17, 15) is 10.1 Å². The highest BCUT2D eigenvalue weighted by atomic mass is 16.6. The van der Waals surface area contributed by atoms with Crippen LogP contribution in [0.1, 0.15) is 62.8 Å². The Morgan fingerprint density at radius 1 is 0.388 bits per heavy atom. The Morgan fingerprint density at radius 2 is 0.613 bits per heavy atom. The van der Waals surface area contributed by atoms with Crippen LogP contribution in [0.2, 0.25) is 0 Å². The molecular weight excluding hydrogens is 975 g/mol. The second-order valence-electron chi connectivity index (χ2n) is 29.9. The topological polar surface area (TPSA) is 58.7 Å². The summed E-state index contributed by atoms with van der Waals surface area (Å²) in [5, 5.41) is 107. The van der Waals surface area contributed by atoms with E-state index in [4.69, 9.17) is 5.10 Å². The number of hydrogen-bond acceptors (Lipinski definition) is 4. The molecule has 0 amide bonds. The molecule has 29 aromatic carbocycles. The van der Waals surface area contributed by atoms with E-state index < -0.39 is 11.0 Å². The smallest absolute Gasteiger partial charge is 0.258 e. The lowest BCUT2D eigenvalue weighted by molar-refractivity contribution is -0.384. The van der Waals surface area contributed by atoms with Crippen LogP contribution in [0.4, 0.5) is 11.4 Å². The minimum atomic E-state index is -0.800. The Kier molecular flexibility index (Phi) is 3.08. The Labute approximate surface area is 440 Å². The summed E-state index contributed by atoms with van der Waals surface area (Å²) in [6, 6.07) is 7.73. The van der Waals surface area contributed by atoms with Crippen molar-refractivity contribution >= 4 is 308 Å². The fourth-order valence-electron chi connectivity index (χ4n) is 27.0. The molecule has 0 radical (unpaired) electrons. The number of benzene rings is 19. The SMILES string of the molecule is CC(CC1=NN(c2ccc([N+](=O)[O-])cc2)C23c4c5c6c7c8c9c(c%10c%11c2c2c4c4c%12c5c5c6c6c8c8c%13c9c9c%10c%10c%11c%11c2c2c4c4c%12c%12c5c5c6c8c6c8c%13c9c9c%10c%10c%11c2c2c4c4c%12c5c6c5c8c9c%10c2c45)C173)CC(C)(C)C. The van der Waals surface area contributed by atoms with Crippen molar-refractivity contribution in [2.45, 2.75) is 51.5 Å². The van der Waals surface area contributed by atoms with Gasteiger partial charge in [-0.25, -0.2) is 5.01 Å². The van der Waals surface area contributed by atoms with Gasteiger partial charge < -0.3 is 0 Å². The average molecular weight is 996 g/mol. The molecule has 5 nitrogen and oxygen atoms in total. The molecule has 0 N–H and O–H groups in total. The lowest BCUT2D eigenvalue weighted by Gasteiger charge is -2.53. The van der Waals surface area contributed by atoms with Crippen LogP contribution in [0, 0.1) is 21.4 Å². The number of hydrazone groups is 1. The summed E-state index contributed by atoms with van der Waals surface area (Å²) in [6.07, 6.45) is 1.96. The number of nitro groups is 1. The number of nitrogens with zero attached hydrogens (tertiary/aromatic N) is 3. The van der Waals surface area contributed by atoms with Gasteiger partial charge in [-0.15, -0.1) is 0 Å². The normalized spacial score (nSPS) is 21.8. The maximum Gasteiger partial charge on any atom is 0.269 e. The molecular formula is C75H21N3O2. The van der Waals surface area contributed by atoms with Crippen LogP contribution >= 0.6 is 0 Å². The predicted octanol–water partition coefficient (Wildman–Crippen LogP) is 20.5. The number of anilines is 1. The largest absolute Gasteiger partial charge is 0.269 e. The zero-order valence-electron chi connectivity index (χ0n) is 42.5. The third-order valence-electron chi connectivity index (χ3n) is 27.0. The third kappa shape index (κ3) is 1.89. The summed E-state index contributed by atoms with van der Waals surface area (Å²) in [4.78, 5) is 12.5. The van der Waals surface area contributed by atoms with Gasteiger partial charge in [0.2, 0.25) is 0 Å². The van der Waals surface area contributed by atoms with Gasteiger partial charge in [-0.2, -0.15) is 5.10 Å². The quantitative estimate of drug-likeness (QED) is 0.0981. The van der Waals surface area contributed by atoms with Gasteiger partial charge in [0.25, 0.3) is 5.69 Å². The molecule has 1 heterocycles. The molecule has 0 bridgehead atoms. The van der Waals surface area contributed by atoms with Crippen molar-refractivity contribution in [3.8, 4) is 0 Å². The van der Waals surface area contributed by atoms with Gasteiger partial charge in [0.05, 0.1) is 21.7 Å². The van der Waals surface area contributed by atoms with Gasteiger partial charge in [-0.3, -0.25) is 10.1 Å². The summed E-state index contributed by atoms with van der Waals surface area (Å²) >= 11 is 0. The number of rotatable bonds is 5. The first kappa shape index (κ1) is 32.5. The summed E-state index contributed by atoms with van der Waals surface area (Å²) < 4.78 is 0. The Morgan fingerprint density at radius 3 is 0.838 bits per heavy atom. The van der Waals surface area contributed by atoms with Crippen LogP contribution in [0.3, 0.4) is 0 Å². The van der Waals surface area contributed by atoms with Gasteiger partial charge in [0.1, 0.15) is 5.54 Å². The monoisotopic (exact) mass is 995 g/mol. The molecule has 1 atom stereocenters. The van der Waals surface area contributed by atoms with E-state index in [2.05, 4.69) is 44.8 Å². The van der Waals surface area contributed by atoms with E-state index in [0.29, 0.717) is 5.92 Å². The van der Waals surface area contributed by atoms with Crippen LogP contribution in [0.25, 0.3) is 291 Å². The average Bonchev–Trinajstić information content (AvgIpc) is 1.39. The third-order valence-corrected chi connectivity index (χ3v) is 27.0. The molecule has 0 saturated heterocycles. The molecule has 4 aliphatic carbocycles. The zero-order chi connectivity index (χ0) is 49.4. The van der Waals surface area contributed by atoms with E-state index in [0.717, 1.165) is 18.5 Å². The molecule has 1 unspecified atom stereocenters. The van der Waals surface area contributed by atoms with Crippen molar-refractivity contribution < 1.29 is 4.92 Å². The van der Waals surface area contributed by atoms with Gasteiger partial charge in [-0.05, 0) is 338 Å². The number of non-ortho nitro benzene ring substituents is 1. The van der Waals surface area contributed by atoms with E-state index in [1.54, 1.807) is 293 Å². The molecule has 34 rings (SSSR count). The van der Waals surface area contributed by atoms with Gasteiger partial charge in [0, 0.05) is 23.3 Å². The van der Waals surface area contributed by atoms with E-state index >= 15 is 0 Å². The standard InChI is InChI=1S/C75H21N3O2/c1-11(10-73(2,3)4)9-14-74-69-61-53-43-33-25-17-15-16-19-23-21(17)29-37-31(23)41-35-27(19)28-20(16)24-22-18(15)26(25)34-40-30(22)38-32(24)42-36(28)46-45(35)57-51(41)59-49(37)55(47(53)39(29)33)63(69)65(59)71-67(57)68-58(46)52(42)60-50(38)56-48(40)54(44(34)43)62(61)70(74)64(56)66(60)72(68)75(71,74)77(76-14)12-5-7-13(8-6-12)78(79)80/h5-8,11H,9-10H2,1-4H3. The Hall–Kier alpha value is -9.45. The van der Waals surface area contributed by atoms with Crippen molar-refractivity contribution in [2.75, 3.05) is 5.01 Å². The molecule has 80 heavy (non-hydrogen) atoms. The number of hydrogen-bond donors (Lipinski definition) is 0. The molecule has 5 aliphatic rings. The highest BCUT2D eigenvalue weighted by molar-refractivity contribution is 6.82. The van der Waals surface area contributed by atoms with E-state index in [1.807, 2.05) is 0 Å². The van der Waals surface area contributed by atoms with Crippen LogP contribution in [-0.4, -0.2) is 10.6 Å². The molecule has 0 saturated carbocycles. The predicted molar refractivity (Wildman–Crippen MR) is 335 cm³/mol. The summed E-state index contributed by atoms with van der Waals surface area (Å²) in [6.45, 7) is 9.81. The van der Waals surface area contributed by atoms with Crippen molar-refractivity contribution in [1.82, 2.24) is 0 Å². The van der Waals surface area contributed by atoms with Gasteiger partial charge in [0.15, 0.2) is 0 Å². The molecule has 29 aromatic rings. The molecule has 5 heteroatoms. The summed E-state index contributed by atoms with van der Waals surface area (Å²) in [7, 11) is 0. The first-order valence-electron chi connectivity index (χ1n) is 29.6. The molecule has 2 spiro atoms. The molecule has 0 aromatic heterocycles. The Bertz CT molecular complexity index is 7660. The van der Waals surface area contributed by atoms with Gasteiger partial charge in [-0.1, -0.05) is 27.7 Å². The van der Waals surface area contributed by atoms with Crippen LogP contribution < -0.4 is 5.01 Å². The highest BCUT2D eigenvalue weighted by Gasteiger charge is 2.76. The highest BCUT2D eigenvalue weighted by Crippen LogP contribution is 2.86. The molecule has 1 aliphatic heterocycles. The van der Waals surface area contributed by atoms with Crippen molar-refractivity contribution in [1.29, 1.82) is 0 Å². The van der Waals surface area contributed by atoms with Crippen molar-refractivity contribution in [3.63, 3.8) is 0 Å².